The summed E-state index contributed by atoms with van der Waals surface area (Å²) in [5.74, 6) is 0.992. The molecule has 1 aromatic carbocycles. The number of aromatic nitrogens is 1. The third-order valence-corrected chi connectivity index (χ3v) is 4.04. The third-order valence-electron chi connectivity index (χ3n) is 3.79. The molecule has 2 amide bonds. The van der Waals surface area contributed by atoms with E-state index in [1.807, 2.05) is 31.2 Å². The Labute approximate surface area is 140 Å². The Bertz CT molecular complexity index is 690. The molecule has 0 aliphatic carbocycles. The molecular weight excluding hydrogens is 314 g/mol. The molecule has 0 radical (unpaired) electrons. The second-order valence-corrected chi connectivity index (χ2v) is 5.71. The van der Waals surface area contributed by atoms with Gasteiger partial charge >= 0.3 is 6.03 Å². The molecule has 2 aromatic rings. The predicted octanol–water partition coefficient (Wildman–Crippen LogP) is 4.11. The van der Waals surface area contributed by atoms with Crippen LogP contribution in [0, 0.1) is 0 Å². The lowest BCUT2D eigenvalue weighted by Gasteiger charge is -2.41. The molecule has 0 spiro atoms. The number of benzene rings is 1. The van der Waals surface area contributed by atoms with Gasteiger partial charge in [0.05, 0.1) is 12.6 Å². The Morgan fingerprint density at radius 3 is 2.78 bits per heavy atom. The molecule has 3 rings (SSSR count). The first-order valence-corrected chi connectivity index (χ1v) is 7.98. The lowest BCUT2D eigenvalue weighted by molar-refractivity contribution is 0.126. The standard InChI is InChI=1S/C17H18ClN3O2/c1-2-23-16-5-3-4-15(19-16)20-17(22)21-11-10-14(21)12-6-8-13(18)9-7-12/h3-9,14H,2,10-11H2,1H3,(H,19,20,22). The maximum Gasteiger partial charge on any atom is 0.323 e. The molecular formula is C17H18ClN3O2. The van der Waals surface area contributed by atoms with Gasteiger partial charge in [-0.2, -0.15) is 4.98 Å². The van der Waals surface area contributed by atoms with Gasteiger partial charge in [0, 0.05) is 17.6 Å². The third kappa shape index (κ3) is 3.56. The van der Waals surface area contributed by atoms with Crippen molar-refractivity contribution in [1.82, 2.24) is 9.88 Å². The number of amides is 2. The summed E-state index contributed by atoms with van der Waals surface area (Å²) in [7, 11) is 0. The van der Waals surface area contributed by atoms with Gasteiger partial charge < -0.3 is 9.64 Å². The molecule has 2 heterocycles. The molecule has 0 bridgehead atoms. The van der Waals surface area contributed by atoms with Crippen molar-refractivity contribution in [3.05, 3.63) is 53.1 Å². The minimum atomic E-state index is -0.155. The number of nitrogens with zero attached hydrogens (tertiary/aromatic N) is 2. The molecule has 1 saturated heterocycles. The predicted molar refractivity (Wildman–Crippen MR) is 89.9 cm³/mol. The lowest BCUT2D eigenvalue weighted by atomic mass is 9.95. The summed E-state index contributed by atoms with van der Waals surface area (Å²) >= 11 is 5.91. The van der Waals surface area contributed by atoms with E-state index in [1.165, 1.54) is 0 Å². The van der Waals surface area contributed by atoms with Crippen LogP contribution in [0.15, 0.2) is 42.5 Å². The van der Waals surface area contributed by atoms with Crippen LogP contribution in [-0.2, 0) is 0 Å². The van der Waals surface area contributed by atoms with Crippen molar-refractivity contribution in [3.8, 4) is 5.88 Å². The zero-order valence-electron chi connectivity index (χ0n) is 12.8. The molecule has 1 aliphatic heterocycles. The van der Waals surface area contributed by atoms with Crippen molar-refractivity contribution >= 4 is 23.4 Å². The molecule has 1 atom stereocenters. The summed E-state index contributed by atoms with van der Waals surface area (Å²) in [6.45, 7) is 3.16. The van der Waals surface area contributed by atoms with Gasteiger partial charge in [0.25, 0.3) is 0 Å². The first kappa shape index (κ1) is 15.6. The second-order valence-electron chi connectivity index (χ2n) is 5.27. The van der Waals surface area contributed by atoms with E-state index in [1.54, 1.807) is 23.1 Å². The minimum Gasteiger partial charge on any atom is -0.478 e. The number of carbonyl (C=O) groups is 1. The molecule has 0 saturated carbocycles. The molecule has 1 fully saturated rings. The maximum atomic E-state index is 12.4. The highest BCUT2D eigenvalue weighted by Gasteiger charge is 2.33. The van der Waals surface area contributed by atoms with E-state index in [9.17, 15) is 4.79 Å². The summed E-state index contributed by atoms with van der Waals surface area (Å²) in [6.07, 6.45) is 0.946. The summed E-state index contributed by atoms with van der Waals surface area (Å²) in [5.41, 5.74) is 1.09. The molecule has 6 heteroatoms. The fourth-order valence-corrected chi connectivity index (χ4v) is 2.68. The van der Waals surface area contributed by atoms with Crippen LogP contribution in [0.1, 0.15) is 24.9 Å². The summed E-state index contributed by atoms with van der Waals surface area (Å²) < 4.78 is 5.34. The Morgan fingerprint density at radius 2 is 2.13 bits per heavy atom. The molecule has 1 aliphatic rings. The van der Waals surface area contributed by atoms with E-state index in [-0.39, 0.29) is 12.1 Å². The quantitative estimate of drug-likeness (QED) is 0.917. The van der Waals surface area contributed by atoms with Crippen LogP contribution in [0.4, 0.5) is 10.6 Å². The zero-order chi connectivity index (χ0) is 16.2. The molecule has 1 aromatic heterocycles. The van der Waals surface area contributed by atoms with Gasteiger partial charge in [-0.15, -0.1) is 0 Å². The van der Waals surface area contributed by atoms with Crippen LogP contribution >= 0.6 is 11.6 Å². The van der Waals surface area contributed by atoms with Crippen molar-refractivity contribution < 1.29 is 9.53 Å². The first-order chi connectivity index (χ1) is 11.2. The number of urea groups is 1. The van der Waals surface area contributed by atoms with Gasteiger partial charge in [0.2, 0.25) is 5.88 Å². The number of likely N-dealkylation sites (tertiary alicyclic amines) is 1. The first-order valence-electron chi connectivity index (χ1n) is 7.60. The van der Waals surface area contributed by atoms with Gasteiger partial charge in [-0.1, -0.05) is 29.8 Å². The number of pyridine rings is 1. The fraction of sp³-hybridized carbons (Fsp3) is 0.294. The van der Waals surface area contributed by atoms with Gasteiger partial charge in [-0.3, -0.25) is 5.32 Å². The number of nitrogens with one attached hydrogen (secondary N) is 1. The van der Waals surface area contributed by atoms with Crippen molar-refractivity contribution in [3.63, 3.8) is 0 Å². The Kier molecular flexibility index (Phi) is 4.67. The number of hydrogen-bond donors (Lipinski definition) is 1. The van der Waals surface area contributed by atoms with Crippen LogP contribution in [0.5, 0.6) is 5.88 Å². The number of anilines is 1. The number of halogens is 1. The second kappa shape index (κ2) is 6.87. The maximum absolute atomic E-state index is 12.4. The van der Waals surface area contributed by atoms with Crippen LogP contribution in [0.2, 0.25) is 5.02 Å². The van der Waals surface area contributed by atoms with Crippen LogP contribution in [0.25, 0.3) is 0 Å². The smallest absolute Gasteiger partial charge is 0.323 e. The fourth-order valence-electron chi connectivity index (χ4n) is 2.56. The SMILES string of the molecule is CCOc1cccc(NC(=O)N2CCC2c2ccc(Cl)cc2)n1. The van der Waals surface area contributed by atoms with Crippen molar-refractivity contribution in [2.45, 2.75) is 19.4 Å². The van der Waals surface area contributed by atoms with Crippen LogP contribution in [0.3, 0.4) is 0 Å². The Hall–Kier alpha value is -2.27. The summed E-state index contributed by atoms with van der Waals surface area (Å²) in [4.78, 5) is 18.5. The van der Waals surface area contributed by atoms with E-state index in [4.69, 9.17) is 16.3 Å². The minimum absolute atomic E-state index is 0.0855. The van der Waals surface area contributed by atoms with Crippen LogP contribution < -0.4 is 10.1 Å². The monoisotopic (exact) mass is 331 g/mol. The molecule has 1 N–H and O–H groups in total. The van der Waals surface area contributed by atoms with E-state index in [2.05, 4.69) is 10.3 Å². The van der Waals surface area contributed by atoms with E-state index < -0.39 is 0 Å². The largest absolute Gasteiger partial charge is 0.478 e. The zero-order valence-corrected chi connectivity index (χ0v) is 13.6. The number of hydrogen-bond acceptors (Lipinski definition) is 3. The highest BCUT2D eigenvalue weighted by atomic mass is 35.5. The number of carbonyl (C=O) groups excluding carboxylic acids is 1. The Balaban J connectivity index is 1.66. The normalized spacial score (nSPS) is 16.6. The Morgan fingerprint density at radius 1 is 1.35 bits per heavy atom. The number of rotatable bonds is 4. The van der Waals surface area contributed by atoms with Gasteiger partial charge in [0.1, 0.15) is 5.82 Å². The highest BCUT2D eigenvalue weighted by Crippen LogP contribution is 2.34. The topological polar surface area (TPSA) is 54.5 Å². The highest BCUT2D eigenvalue weighted by molar-refractivity contribution is 6.30. The number of ether oxygens (including phenoxy) is 1. The molecule has 5 nitrogen and oxygen atoms in total. The van der Waals surface area contributed by atoms with Crippen molar-refractivity contribution in [2.75, 3.05) is 18.5 Å². The van der Waals surface area contributed by atoms with Gasteiger partial charge in [-0.05, 0) is 37.1 Å². The van der Waals surface area contributed by atoms with Gasteiger partial charge in [0.15, 0.2) is 0 Å². The average molecular weight is 332 g/mol. The van der Waals surface area contributed by atoms with E-state index in [0.717, 1.165) is 18.5 Å². The van der Waals surface area contributed by atoms with Crippen molar-refractivity contribution in [1.29, 1.82) is 0 Å². The summed E-state index contributed by atoms with van der Waals surface area (Å²) in [6, 6.07) is 12.9. The lowest BCUT2D eigenvalue weighted by Crippen LogP contribution is -2.47. The van der Waals surface area contributed by atoms with Crippen molar-refractivity contribution in [2.24, 2.45) is 0 Å². The average Bonchev–Trinajstić information content (AvgIpc) is 2.49. The van der Waals surface area contributed by atoms with E-state index in [0.29, 0.717) is 23.3 Å². The van der Waals surface area contributed by atoms with Crippen LogP contribution in [-0.4, -0.2) is 29.1 Å². The summed E-state index contributed by atoms with van der Waals surface area (Å²) in [5, 5.41) is 3.52. The van der Waals surface area contributed by atoms with E-state index >= 15 is 0 Å². The molecule has 23 heavy (non-hydrogen) atoms. The molecule has 1 unspecified atom stereocenters. The van der Waals surface area contributed by atoms with Gasteiger partial charge in [-0.25, -0.2) is 4.79 Å². The molecule has 120 valence electrons.